The van der Waals surface area contributed by atoms with Crippen LogP contribution in [0.1, 0.15) is 46.5 Å². The second-order valence-corrected chi connectivity index (χ2v) is 7.31. The normalized spacial score (nSPS) is 20.9. The van der Waals surface area contributed by atoms with Crippen molar-refractivity contribution in [1.82, 2.24) is 8.61 Å². The lowest BCUT2D eigenvalue weighted by Crippen LogP contribution is -2.48. The summed E-state index contributed by atoms with van der Waals surface area (Å²) in [6.45, 7) is 8.02. The van der Waals surface area contributed by atoms with Gasteiger partial charge in [-0.3, -0.25) is 0 Å². The summed E-state index contributed by atoms with van der Waals surface area (Å²) in [6, 6.07) is 0. The standard InChI is InChI=1S/C13H28N2O3S/c1-4-8-14(9-5-2)19(17,18)15-10-6-13(7-11-15)12(3)16/h12-13,16H,4-11H2,1-3H3. The maximum atomic E-state index is 12.5. The molecule has 1 heterocycles. The molecular weight excluding hydrogens is 264 g/mol. The molecule has 114 valence electrons. The molecule has 0 bridgehead atoms. The lowest BCUT2D eigenvalue weighted by Gasteiger charge is -2.35. The maximum absolute atomic E-state index is 12.5. The van der Waals surface area contributed by atoms with Gasteiger partial charge in [-0.15, -0.1) is 0 Å². The highest BCUT2D eigenvalue weighted by Crippen LogP contribution is 2.23. The fourth-order valence-electron chi connectivity index (χ4n) is 2.59. The van der Waals surface area contributed by atoms with Gasteiger partial charge in [-0.25, -0.2) is 0 Å². The van der Waals surface area contributed by atoms with Crippen LogP contribution >= 0.6 is 0 Å². The highest BCUT2D eigenvalue weighted by atomic mass is 32.2. The molecule has 1 saturated heterocycles. The van der Waals surface area contributed by atoms with Crippen LogP contribution in [0.5, 0.6) is 0 Å². The molecule has 6 heteroatoms. The van der Waals surface area contributed by atoms with Crippen molar-refractivity contribution in [3.05, 3.63) is 0 Å². The summed E-state index contributed by atoms with van der Waals surface area (Å²) in [5.41, 5.74) is 0. The van der Waals surface area contributed by atoms with Crippen LogP contribution in [0.25, 0.3) is 0 Å². The molecule has 0 aromatic carbocycles. The lowest BCUT2D eigenvalue weighted by atomic mass is 9.93. The highest BCUT2D eigenvalue weighted by Gasteiger charge is 2.33. The van der Waals surface area contributed by atoms with E-state index in [1.807, 2.05) is 13.8 Å². The predicted octanol–water partition coefficient (Wildman–Crippen LogP) is 1.45. The first-order chi connectivity index (χ1) is 8.93. The summed E-state index contributed by atoms with van der Waals surface area (Å²) in [7, 11) is -3.31. The van der Waals surface area contributed by atoms with Crippen LogP contribution in [0.3, 0.4) is 0 Å². The Hall–Kier alpha value is -0.170. The molecule has 1 aliphatic rings. The molecule has 0 radical (unpaired) electrons. The molecule has 0 aliphatic carbocycles. The molecule has 1 N–H and O–H groups in total. The zero-order chi connectivity index (χ0) is 14.5. The van der Waals surface area contributed by atoms with Crippen LogP contribution in [0.4, 0.5) is 0 Å². The molecule has 19 heavy (non-hydrogen) atoms. The Kier molecular flexibility index (Phi) is 6.73. The van der Waals surface area contributed by atoms with Gasteiger partial charge in [-0.1, -0.05) is 13.8 Å². The average molecular weight is 292 g/mol. The van der Waals surface area contributed by atoms with Gasteiger partial charge in [0.2, 0.25) is 0 Å². The SMILES string of the molecule is CCCN(CCC)S(=O)(=O)N1CCC(C(C)O)CC1. The summed E-state index contributed by atoms with van der Waals surface area (Å²) in [5, 5.41) is 9.57. The third-order valence-corrected chi connectivity index (χ3v) is 5.81. The van der Waals surface area contributed by atoms with Crippen molar-refractivity contribution in [2.24, 2.45) is 5.92 Å². The molecule has 0 amide bonds. The Morgan fingerprint density at radius 2 is 1.68 bits per heavy atom. The summed E-state index contributed by atoms with van der Waals surface area (Å²) >= 11 is 0. The number of hydrogen-bond donors (Lipinski definition) is 1. The van der Waals surface area contributed by atoms with Crippen LogP contribution in [-0.2, 0) is 10.2 Å². The average Bonchev–Trinajstić information content (AvgIpc) is 2.38. The minimum atomic E-state index is -3.31. The number of nitrogens with zero attached hydrogens (tertiary/aromatic N) is 2. The van der Waals surface area contributed by atoms with Crippen molar-refractivity contribution in [2.75, 3.05) is 26.2 Å². The van der Waals surface area contributed by atoms with E-state index < -0.39 is 10.2 Å². The molecule has 0 spiro atoms. The molecule has 0 saturated carbocycles. The number of aliphatic hydroxyl groups excluding tert-OH is 1. The van der Waals surface area contributed by atoms with E-state index in [1.165, 1.54) is 0 Å². The van der Waals surface area contributed by atoms with Gasteiger partial charge in [0.05, 0.1) is 6.10 Å². The first kappa shape index (κ1) is 16.9. The predicted molar refractivity (Wildman–Crippen MR) is 77.1 cm³/mol. The molecule has 1 rings (SSSR count). The van der Waals surface area contributed by atoms with Gasteiger partial charge in [0.1, 0.15) is 0 Å². The monoisotopic (exact) mass is 292 g/mol. The molecule has 1 fully saturated rings. The van der Waals surface area contributed by atoms with Crippen LogP contribution in [0.15, 0.2) is 0 Å². The fraction of sp³-hybridized carbons (Fsp3) is 1.00. The van der Waals surface area contributed by atoms with E-state index in [-0.39, 0.29) is 12.0 Å². The van der Waals surface area contributed by atoms with Gasteiger partial charge < -0.3 is 5.11 Å². The first-order valence-corrected chi connectivity index (χ1v) is 8.76. The van der Waals surface area contributed by atoms with E-state index >= 15 is 0 Å². The van der Waals surface area contributed by atoms with Crippen molar-refractivity contribution in [1.29, 1.82) is 0 Å². The summed E-state index contributed by atoms with van der Waals surface area (Å²) in [6.07, 6.45) is 2.84. The number of piperidine rings is 1. The Morgan fingerprint density at radius 3 is 2.05 bits per heavy atom. The Morgan fingerprint density at radius 1 is 1.21 bits per heavy atom. The van der Waals surface area contributed by atoms with Crippen molar-refractivity contribution < 1.29 is 13.5 Å². The molecule has 0 aromatic rings. The molecule has 1 unspecified atom stereocenters. The van der Waals surface area contributed by atoms with E-state index in [4.69, 9.17) is 0 Å². The van der Waals surface area contributed by atoms with Crippen LogP contribution in [-0.4, -0.2) is 54.4 Å². The van der Waals surface area contributed by atoms with Gasteiger partial charge in [-0.2, -0.15) is 17.0 Å². The minimum Gasteiger partial charge on any atom is -0.393 e. The van der Waals surface area contributed by atoms with Gasteiger partial charge in [-0.05, 0) is 38.5 Å². The van der Waals surface area contributed by atoms with Gasteiger partial charge >= 0.3 is 0 Å². The number of aliphatic hydroxyl groups is 1. The topological polar surface area (TPSA) is 60.9 Å². The summed E-state index contributed by atoms with van der Waals surface area (Å²) in [4.78, 5) is 0. The Labute approximate surface area is 117 Å². The quantitative estimate of drug-likeness (QED) is 0.772. The van der Waals surface area contributed by atoms with Gasteiger partial charge in [0, 0.05) is 26.2 Å². The van der Waals surface area contributed by atoms with Crippen molar-refractivity contribution >= 4 is 10.2 Å². The summed E-state index contributed by atoms with van der Waals surface area (Å²) < 4.78 is 28.2. The van der Waals surface area contributed by atoms with Gasteiger partial charge in [0.25, 0.3) is 10.2 Å². The maximum Gasteiger partial charge on any atom is 0.281 e. The second-order valence-electron chi connectivity index (χ2n) is 5.38. The summed E-state index contributed by atoms with van der Waals surface area (Å²) in [5.74, 6) is 0.234. The largest absolute Gasteiger partial charge is 0.393 e. The smallest absolute Gasteiger partial charge is 0.281 e. The third kappa shape index (κ3) is 4.41. The van der Waals surface area contributed by atoms with E-state index in [0.29, 0.717) is 26.2 Å². The van der Waals surface area contributed by atoms with E-state index in [2.05, 4.69) is 0 Å². The third-order valence-electron chi connectivity index (χ3n) is 3.78. The highest BCUT2D eigenvalue weighted by molar-refractivity contribution is 7.86. The Balaban J connectivity index is 2.67. The van der Waals surface area contributed by atoms with Crippen LogP contribution in [0.2, 0.25) is 0 Å². The molecule has 1 aliphatic heterocycles. The molecule has 1 atom stereocenters. The Bertz CT molecular complexity index is 343. The van der Waals surface area contributed by atoms with Crippen LogP contribution < -0.4 is 0 Å². The molecular formula is C13H28N2O3S. The minimum absolute atomic E-state index is 0.234. The first-order valence-electron chi connectivity index (χ1n) is 7.36. The lowest BCUT2D eigenvalue weighted by molar-refractivity contribution is 0.0897. The number of rotatable bonds is 7. The van der Waals surface area contributed by atoms with Gasteiger partial charge in [0.15, 0.2) is 0 Å². The molecule has 0 aromatic heterocycles. The van der Waals surface area contributed by atoms with Crippen molar-refractivity contribution in [2.45, 2.75) is 52.6 Å². The molecule has 5 nitrogen and oxygen atoms in total. The van der Waals surface area contributed by atoms with Crippen molar-refractivity contribution in [3.63, 3.8) is 0 Å². The van der Waals surface area contributed by atoms with Crippen LogP contribution in [0, 0.1) is 5.92 Å². The van der Waals surface area contributed by atoms with E-state index in [0.717, 1.165) is 25.7 Å². The zero-order valence-corrected chi connectivity index (χ0v) is 13.2. The van der Waals surface area contributed by atoms with E-state index in [1.54, 1.807) is 15.5 Å². The number of hydrogen-bond acceptors (Lipinski definition) is 3. The van der Waals surface area contributed by atoms with E-state index in [9.17, 15) is 13.5 Å². The zero-order valence-electron chi connectivity index (χ0n) is 12.4. The van der Waals surface area contributed by atoms with Crippen molar-refractivity contribution in [3.8, 4) is 0 Å². The second kappa shape index (κ2) is 7.57. The fourth-order valence-corrected chi connectivity index (χ4v) is 4.42.